The maximum atomic E-state index is 11.6. The summed E-state index contributed by atoms with van der Waals surface area (Å²) in [6.07, 6.45) is 0. The van der Waals surface area contributed by atoms with E-state index in [1.54, 1.807) is 6.92 Å². The number of rotatable bonds is 2. The number of Topliss-reactive ketones (excluding diaryl/α,β-unsaturated/α-hetero) is 1. The fourth-order valence-corrected chi connectivity index (χ4v) is 2.22. The van der Waals surface area contributed by atoms with Crippen molar-refractivity contribution < 1.29 is 4.79 Å². The summed E-state index contributed by atoms with van der Waals surface area (Å²) in [5.41, 5.74) is 2.03. The van der Waals surface area contributed by atoms with E-state index in [2.05, 4.69) is 26.0 Å². The highest BCUT2D eigenvalue weighted by Gasteiger charge is 2.13. The van der Waals surface area contributed by atoms with Crippen LogP contribution in [0.3, 0.4) is 0 Å². The molecule has 0 aliphatic rings. The molecule has 0 atom stereocenters. The lowest BCUT2D eigenvalue weighted by Gasteiger charge is -2.14. The third-order valence-corrected chi connectivity index (χ3v) is 2.93. The molecule has 0 saturated carbocycles. The molecule has 2 aromatic carbocycles. The van der Waals surface area contributed by atoms with Gasteiger partial charge in [-0.3, -0.25) is 4.79 Å². The summed E-state index contributed by atoms with van der Waals surface area (Å²) in [5, 5.41) is 2.40. The first kappa shape index (κ1) is 10.9. The molecule has 0 aromatic heterocycles. The molecule has 2 aromatic rings. The molecule has 0 radical (unpaired) electrons. The number of ketones is 1. The SMILES string of the molecule is CC(=O)c1ccc2ccccc2c1C(C)C. The molecular weight excluding hydrogens is 196 g/mol. The largest absolute Gasteiger partial charge is 0.295 e. The minimum absolute atomic E-state index is 0.148. The average molecular weight is 212 g/mol. The van der Waals surface area contributed by atoms with Gasteiger partial charge in [-0.1, -0.05) is 50.2 Å². The molecule has 0 amide bonds. The lowest BCUT2D eigenvalue weighted by molar-refractivity contribution is 0.101. The van der Waals surface area contributed by atoms with Crippen molar-refractivity contribution in [2.75, 3.05) is 0 Å². The summed E-state index contributed by atoms with van der Waals surface area (Å²) in [6, 6.07) is 12.2. The zero-order valence-electron chi connectivity index (χ0n) is 9.95. The summed E-state index contributed by atoms with van der Waals surface area (Å²) in [7, 11) is 0. The van der Waals surface area contributed by atoms with Crippen molar-refractivity contribution in [2.45, 2.75) is 26.7 Å². The lowest BCUT2D eigenvalue weighted by Crippen LogP contribution is -2.02. The maximum Gasteiger partial charge on any atom is 0.160 e. The van der Waals surface area contributed by atoms with Crippen LogP contribution in [0, 0.1) is 0 Å². The number of benzene rings is 2. The van der Waals surface area contributed by atoms with Gasteiger partial charge in [0.2, 0.25) is 0 Å². The highest BCUT2D eigenvalue weighted by molar-refractivity contribution is 6.01. The molecule has 1 nitrogen and oxygen atoms in total. The van der Waals surface area contributed by atoms with Crippen LogP contribution in [0.25, 0.3) is 10.8 Å². The summed E-state index contributed by atoms with van der Waals surface area (Å²) < 4.78 is 0. The highest BCUT2D eigenvalue weighted by Crippen LogP contribution is 2.29. The van der Waals surface area contributed by atoms with Gasteiger partial charge in [-0.15, -0.1) is 0 Å². The van der Waals surface area contributed by atoms with Crippen molar-refractivity contribution in [3.8, 4) is 0 Å². The van der Waals surface area contributed by atoms with Crippen LogP contribution in [0.15, 0.2) is 36.4 Å². The number of carbonyl (C=O) groups excluding carboxylic acids is 1. The quantitative estimate of drug-likeness (QED) is 0.683. The van der Waals surface area contributed by atoms with Crippen LogP contribution in [0.2, 0.25) is 0 Å². The second-order valence-corrected chi connectivity index (χ2v) is 4.46. The molecule has 0 unspecified atom stereocenters. The topological polar surface area (TPSA) is 17.1 Å². The zero-order chi connectivity index (χ0) is 11.7. The van der Waals surface area contributed by atoms with E-state index < -0.39 is 0 Å². The van der Waals surface area contributed by atoms with Crippen LogP contribution in [0.5, 0.6) is 0 Å². The fraction of sp³-hybridized carbons (Fsp3) is 0.267. The first-order valence-corrected chi connectivity index (χ1v) is 5.64. The van der Waals surface area contributed by atoms with Crippen LogP contribution >= 0.6 is 0 Å². The van der Waals surface area contributed by atoms with Gasteiger partial charge >= 0.3 is 0 Å². The van der Waals surface area contributed by atoms with Gasteiger partial charge in [0.05, 0.1) is 0 Å². The van der Waals surface area contributed by atoms with Crippen LogP contribution in [0.1, 0.15) is 42.6 Å². The molecular formula is C15H16O. The van der Waals surface area contributed by atoms with E-state index in [-0.39, 0.29) is 5.78 Å². The normalized spacial score (nSPS) is 11.0. The van der Waals surface area contributed by atoms with Gasteiger partial charge in [-0.2, -0.15) is 0 Å². The van der Waals surface area contributed by atoms with Crippen molar-refractivity contribution in [1.82, 2.24) is 0 Å². The first-order chi connectivity index (χ1) is 7.61. The molecule has 1 heteroatoms. The van der Waals surface area contributed by atoms with E-state index in [0.717, 1.165) is 5.56 Å². The van der Waals surface area contributed by atoms with Gasteiger partial charge in [-0.05, 0) is 29.2 Å². The monoisotopic (exact) mass is 212 g/mol. The zero-order valence-corrected chi connectivity index (χ0v) is 9.95. The Kier molecular flexibility index (Phi) is 2.78. The van der Waals surface area contributed by atoms with Crippen molar-refractivity contribution in [2.24, 2.45) is 0 Å². The number of hydrogen-bond donors (Lipinski definition) is 0. The molecule has 0 aliphatic carbocycles. The molecule has 16 heavy (non-hydrogen) atoms. The Hall–Kier alpha value is -1.63. The van der Waals surface area contributed by atoms with E-state index in [4.69, 9.17) is 0 Å². The second kappa shape index (κ2) is 4.09. The van der Waals surface area contributed by atoms with Gasteiger partial charge in [0.15, 0.2) is 5.78 Å². The molecule has 82 valence electrons. The Bertz CT molecular complexity index is 538. The minimum atomic E-state index is 0.148. The van der Waals surface area contributed by atoms with E-state index in [1.165, 1.54) is 16.3 Å². The number of carbonyl (C=O) groups is 1. The minimum Gasteiger partial charge on any atom is -0.295 e. The summed E-state index contributed by atoms with van der Waals surface area (Å²) in [4.78, 5) is 11.6. The molecule has 0 fully saturated rings. The predicted octanol–water partition coefficient (Wildman–Crippen LogP) is 4.17. The Balaban J connectivity index is 2.84. The van der Waals surface area contributed by atoms with Gasteiger partial charge in [-0.25, -0.2) is 0 Å². The van der Waals surface area contributed by atoms with E-state index in [0.29, 0.717) is 5.92 Å². The third kappa shape index (κ3) is 1.73. The standard InChI is InChI=1S/C15H16O/c1-10(2)15-13(11(3)16)9-8-12-6-4-5-7-14(12)15/h4-10H,1-3H3. The Morgan fingerprint density at radius 2 is 1.75 bits per heavy atom. The van der Waals surface area contributed by atoms with Crippen LogP contribution < -0.4 is 0 Å². The maximum absolute atomic E-state index is 11.6. The van der Waals surface area contributed by atoms with Crippen LogP contribution in [0.4, 0.5) is 0 Å². The van der Waals surface area contributed by atoms with Crippen molar-refractivity contribution in [1.29, 1.82) is 0 Å². The second-order valence-electron chi connectivity index (χ2n) is 4.46. The van der Waals surface area contributed by atoms with Gasteiger partial charge in [0, 0.05) is 5.56 Å². The van der Waals surface area contributed by atoms with Gasteiger partial charge in [0.1, 0.15) is 0 Å². The number of hydrogen-bond acceptors (Lipinski definition) is 1. The van der Waals surface area contributed by atoms with Crippen LogP contribution in [-0.4, -0.2) is 5.78 Å². The van der Waals surface area contributed by atoms with Crippen molar-refractivity contribution in [3.05, 3.63) is 47.5 Å². The van der Waals surface area contributed by atoms with Crippen molar-refractivity contribution in [3.63, 3.8) is 0 Å². The lowest BCUT2D eigenvalue weighted by atomic mass is 9.90. The molecule has 2 rings (SSSR count). The molecule has 0 saturated heterocycles. The molecule has 0 bridgehead atoms. The smallest absolute Gasteiger partial charge is 0.160 e. The molecule has 0 spiro atoms. The first-order valence-electron chi connectivity index (χ1n) is 5.64. The summed E-state index contributed by atoms with van der Waals surface area (Å²) in [6.45, 7) is 5.90. The highest BCUT2D eigenvalue weighted by atomic mass is 16.1. The Morgan fingerprint density at radius 3 is 2.38 bits per heavy atom. The summed E-state index contributed by atoms with van der Waals surface area (Å²) >= 11 is 0. The number of fused-ring (bicyclic) bond motifs is 1. The fourth-order valence-electron chi connectivity index (χ4n) is 2.22. The Morgan fingerprint density at radius 1 is 1.06 bits per heavy atom. The Labute approximate surface area is 96.1 Å². The van der Waals surface area contributed by atoms with Gasteiger partial charge < -0.3 is 0 Å². The van der Waals surface area contributed by atoms with E-state index in [1.807, 2.05) is 24.3 Å². The van der Waals surface area contributed by atoms with Crippen LogP contribution in [-0.2, 0) is 0 Å². The molecule has 0 N–H and O–H groups in total. The predicted molar refractivity (Wildman–Crippen MR) is 68.0 cm³/mol. The van der Waals surface area contributed by atoms with E-state index >= 15 is 0 Å². The third-order valence-electron chi connectivity index (χ3n) is 2.93. The van der Waals surface area contributed by atoms with Crippen molar-refractivity contribution >= 4 is 16.6 Å². The molecule has 0 heterocycles. The van der Waals surface area contributed by atoms with Gasteiger partial charge in [0.25, 0.3) is 0 Å². The average Bonchev–Trinajstić information content (AvgIpc) is 2.27. The molecule has 0 aliphatic heterocycles. The summed E-state index contributed by atoms with van der Waals surface area (Å²) in [5.74, 6) is 0.513. The van der Waals surface area contributed by atoms with E-state index in [9.17, 15) is 4.79 Å².